The fourth-order valence-electron chi connectivity index (χ4n) is 2.11. The maximum atomic E-state index is 13.7. The van der Waals surface area contributed by atoms with Crippen LogP contribution in [0.5, 0.6) is 0 Å². The third-order valence-electron chi connectivity index (χ3n) is 3.04. The van der Waals surface area contributed by atoms with Crippen LogP contribution in [-0.4, -0.2) is 22.0 Å². The van der Waals surface area contributed by atoms with Gasteiger partial charge < -0.3 is 9.88 Å². The first-order valence-electron chi connectivity index (χ1n) is 6.19. The van der Waals surface area contributed by atoms with Crippen molar-refractivity contribution in [1.82, 2.24) is 14.9 Å². The van der Waals surface area contributed by atoms with E-state index in [1.165, 1.54) is 6.07 Å². The van der Waals surface area contributed by atoms with E-state index < -0.39 is 11.9 Å². The van der Waals surface area contributed by atoms with Gasteiger partial charge in [-0.3, -0.25) is 4.79 Å². The number of imidazole rings is 1. The Morgan fingerprint density at radius 2 is 2.30 bits per heavy atom. The van der Waals surface area contributed by atoms with E-state index >= 15 is 0 Å². The number of carbonyl (C=O) groups excluding carboxylic acids is 1. The van der Waals surface area contributed by atoms with Gasteiger partial charge in [0.15, 0.2) is 0 Å². The molecule has 1 aromatic carbocycles. The van der Waals surface area contributed by atoms with Crippen LogP contribution in [0.15, 0.2) is 16.6 Å². The Morgan fingerprint density at radius 1 is 1.60 bits per heavy atom. The zero-order valence-corrected chi connectivity index (χ0v) is 13.4. The first kappa shape index (κ1) is 15.3. The van der Waals surface area contributed by atoms with Gasteiger partial charge in [0.2, 0.25) is 5.91 Å². The van der Waals surface area contributed by atoms with Gasteiger partial charge in [-0.15, -0.1) is 11.6 Å². The number of aromatic nitrogens is 2. The van der Waals surface area contributed by atoms with Crippen LogP contribution in [0.1, 0.15) is 25.7 Å². The van der Waals surface area contributed by atoms with Crippen LogP contribution in [0.3, 0.4) is 0 Å². The number of carbonyl (C=O) groups is 1. The third kappa shape index (κ3) is 2.67. The number of hydrogen-bond acceptors (Lipinski definition) is 2. The molecule has 1 heterocycles. The minimum atomic E-state index is -0.505. The monoisotopic (exact) mass is 361 g/mol. The van der Waals surface area contributed by atoms with Gasteiger partial charge in [-0.2, -0.15) is 0 Å². The van der Waals surface area contributed by atoms with E-state index in [9.17, 15) is 9.18 Å². The topological polar surface area (TPSA) is 46.9 Å². The number of nitrogens with one attached hydrogen (secondary N) is 1. The predicted molar refractivity (Wildman–Crippen MR) is 80.3 cm³/mol. The lowest BCUT2D eigenvalue weighted by molar-refractivity contribution is -0.123. The van der Waals surface area contributed by atoms with E-state index in [2.05, 4.69) is 26.2 Å². The zero-order valence-electron chi connectivity index (χ0n) is 11.1. The number of fused-ring (bicyclic) bond motifs is 1. The molecule has 20 heavy (non-hydrogen) atoms. The highest BCUT2D eigenvalue weighted by Crippen LogP contribution is 2.27. The van der Waals surface area contributed by atoms with E-state index in [1.54, 1.807) is 17.6 Å². The molecule has 0 fully saturated rings. The maximum Gasteiger partial charge on any atom is 0.242 e. The number of hydrogen-bond donors (Lipinski definition) is 1. The van der Waals surface area contributed by atoms with Gasteiger partial charge >= 0.3 is 0 Å². The zero-order chi connectivity index (χ0) is 14.9. The van der Waals surface area contributed by atoms with Crippen molar-refractivity contribution in [2.24, 2.45) is 0 Å². The molecule has 0 saturated heterocycles. The minimum absolute atomic E-state index is 0.150. The summed E-state index contributed by atoms with van der Waals surface area (Å²) >= 11 is 9.01. The van der Waals surface area contributed by atoms with Crippen LogP contribution in [-0.2, 0) is 10.7 Å². The van der Waals surface area contributed by atoms with Crippen molar-refractivity contribution in [3.8, 4) is 0 Å². The largest absolute Gasteiger partial charge is 0.355 e. The number of amides is 1. The summed E-state index contributed by atoms with van der Waals surface area (Å²) in [6.45, 7) is 4.11. The highest BCUT2D eigenvalue weighted by Gasteiger charge is 2.21. The quantitative estimate of drug-likeness (QED) is 0.848. The second-order valence-corrected chi connectivity index (χ2v) is 5.48. The van der Waals surface area contributed by atoms with Crippen LogP contribution < -0.4 is 5.32 Å². The minimum Gasteiger partial charge on any atom is -0.355 e. The van der Waals surface area contributed by atoms with E-state index in [0.717, 1.165) is 0 Å². The molecule has 0 saturated carbocycles. The highest BCUT2D eigenvalue weighted by atomic mass is 79.9. The molecule has 1 atom stereocenters. The van der Waals surface area contributed by atoms with Crippen molar-refractivity contribution in [3.05, 3.63) is 28.2 Å². The fraction of sp³-hybridized carbons (Fsp3) is 0.385. The molecule has 0 radical (unpaired) electrons. The van der Waals surface area contributed by atoms with Crippen molar-refractivity contribution in [3.63, 3.8) is 0 Å². The molecular weight excluding hydrogens is 349 g/mol. The SMILES string of the molecule is CCNC(=O)C(C)n1c(CCl)nc2cc(Br)c(F)cc21. The van der Waals surface area contributed by atoms with Gasteiger partial charge in [0.25, 0.3) is 0 Å². The van der Waals surface area contributed by atoms with Gasteiger partial charge in [0.05, 0.1) is 21.4 Å². The number of benzene rings is 1. The molecule has 4 nitrogen and oxygen atoms in total. The lowest BCUT2D eigenvalue weighted by Gasteiger charge is -2.16. The van der Waals surface area contributed by atoms with Crippen molar-refractivity contribution in [1.29, 1.82) is 0 Å². The van der Waals surface area contributed by atoms with Crippen molar-refractivity contribution in [2.75, 3.05) is 6.54 Å². The first-order chi connectivity index (χ1) is 9.49. The van der Waals surface area contributed by atoms with Gasteiger partial charge in [-0.1, -0.05) is 0 Å². The standard InChI is InChI=1S/C13H14BrClFN3O/c1-3-17-13(20)7(2)19-11-5-9(16)8(14)4-10(11)18-12(19)6-15/h4-5,7H,3,6H2,1-2H3,(H,17,20). The average Bonchev–Trinajstić information content (AvgIpc) is 2.76. The Morgan fingerprint density at radius 3 is 2.90 bits per heavy atom. The maximum absolute atomic E-state index is 13.7. The van der Waals surface area contributed by atoms with Crippen LogP contribution in [0, 0.1) is 5.82 Å². The van der Waals surface area contributed by atoms with Gasteiger partial charge in [0.1, 0.15) is 17.7 Å². The summed E-state index contributed by atoms with van der Waals surface area (Å²) in [6.07, 6.45) is 0. The van der Waals surface area contributed by atoms with Crippen molar-refractivity contribution < 1.29 is 9.18 Å². The van der Waals surface area contributed by atoms with Gasteiger partial charge in [-0.05, 0) is 35.8 Å². The van der Waals surface area contributed by atoms with Crippen LogP contribution in [0.2, 0.25) is 0 Å². The van der Waals surface area contributed by atoms with E-state index in [4.69, 9.17) is 11.6 Å². The summed E-state index contributed by atoms with van der Waals surface area (Å²) in [4.78, 5) is 16.4. The molecule has 108 valence electrons. The van der Waals surface area contributed by atoms with E-state index in [1.807, 2.05) is 6.92 Å². The van der Waals surface area contributed by atoms with E-state index in [0.29, 0.717) is 27.9 Å². The number of halogens is 3. The molecule has 0 aliphatic carbocycles. The Labute approximate surface area is 129 Å². The molecule has 1 amide bonds. The second-order valence-electron chi connectivity index (χ2n) is 4.36. The normalized spacial score (nSPS) is 12.7. The lowest BCUT2D eigenvalue weighted by atomic mass is 10.2. The Kier molecular flexibility index (Phi) is 4.65. The number of alkyl halides is 1. The molecule has 0 aliphatic rings. The number of rotatable bonds is 4. The molecule has 7 heteroatoms. The average molecular weight is 363 g/mol. The highest BCUT2D eigenvalue weighted by molar-refractivity contribution is 9.10. The second kappa shape index (κ2) is 6.10. The van der Waals surface area contributed by atoms with Crippen molar-refractivity contribution >= 4 is 44.5 Å². The summed E-state index contributed by atoms with van der Waals surface area (Å²) < 4.78 is 15.7. The number of likely N-dealkylation sites (N-methyl/N-ethyl adjacent to an activating group) is 1. The summed E-state index contributed by atoms with van der Waals surface area (Å²) in [6, 6.07) is 2.44. The van der Waals surface area contributed by atoms with Gasteiger partial charge in [-0.25, -0.2) is 9.37 Å². The summed E-state index contributed by atoms with van der Waals surface area (Å²) in [5.74, 6) is 0.139. The van der Waals surface area contributed by atoms with Crippen LogP contribution in [0.4, 0.5) is 4.39 Å². The van der Waals surface area contributed by atoms with Crippen LogP contribution in [0.25, 0.3) is 11.0 Å². The van der Waals surface area contributed by atoms with Crippen molar-refractivity contribution in [2.45, 2.75) is 25.8 Å². The summed E-state index contributed by atoms with van der Waals surface area (Å²) in [5, 5.41) is 2.74. The lowest BCUT2D eigenvalue weighted by Crippen LogP contribution is -2.31. The molecule has 1 unspecified atom stereocenters. The molecule has 2 aromatic rings. The summed E-state index contributed by atoms with van der Waals surface area (Å²) in [5.41, 5.74) is 1.16. The molecule has 2 rings (SSSR count). The van der Waals surface area contributed by atoms with Crippen LogP contribution >= 0.6 is 27.5 Å². The number of nitrogens with zero attached hydrogens (tertiary/aromatic N) is 2. The Balaban J connectivity index is 2.60. The molecular formula is C13H14BrClFN3O. The molecule has 1 aromatic heterocycles. The first-order valence-corrected chi connectivity index (χ1v) is 7.51. The Bertz CT molecular complexity index is 659. The summed E-state index contributed by atoms with van der Waals surface area (Å²) in [7, 11) is 0. The predicted octanol–water partition coefficient (Wildman–Crippen LogP) is 3.37. The molecule has 1 N–H and O–H groups in total. The van der Waals surface area contributed by atoms with E-state index in [-0.39, 0.29) is 11.8 Å². The Hall–Kier alpha value is -1.14. The molecule has 0 aliphatic heterocycles. The molecule has 0 spiro atoms. The molecule has 0 bridgehead atoms. The smallest absolute Gasteiger partial charge is 0.242 e. The third-order valence-corrected chi connectivity index (χ3v) is 3.89. The fourth-order valence-corrected chi connectivity index (χ4v) is 2.63. The van der Waals surface area contributed by atoms with Gasteiger partial charge in [0, 0.05) is 12.6 Å².